The van der Waals surface area contributed by atoms with Crippen LogP contribution in [-0.4, -0.2) is 34.1 Å². The van der Waals surface area contributed by atoms with Gasteiger partial charge in [-0.05, 0) is 36.6 Å². The second-order valence-corrected chi connectivity index (χ2v) is 6.57. The largest absolute Gasteiger partial charge is 0.367 e. The lowest BCUT2D eigenvalue weighted by molar-refractivity contribution is 0.578. The van der Waals surface area contributed by atoms with Crippen LogP contribution < -0.4 is 15.4 Å². The lowest BCUT2D eigenvalue weighted by atomic mass is 10.1. The standard InChI is InChI=1S/C12H17N3O2S/c13-18(16,17)11-3-1-10(2-4-11)15-6-5-9-7-14-8-12(9)15/h1-4,9,12,14H,5-8H2,(H2,13,16,17)/t9-,12+/m1/s1. The van der Waals surface area contributed by atoms with Gasteiger partial charge >= 0.3 is 0 Å². The van der Waals surface area contributed by atoms with Crippen molar-refractivity contribution < 1.29 is 8.42 Å². The van der Waals surface area contributed by atoms with Crippen LogP contribution in [0, 0.1) is 5.92 Å². The molecule has 2 aliphatic heterocycles. The molecule has 0 radical (unpaired) electrons. The van der Waals surface area contributed by atoms with Crippen molar-refractivity contribution in [3.63, 3.8) is 0 Å². The van der Waals surface area contributed by atoms with E-state index < -0.39 is 10.0 Å². The number of primary sulfonamides is 1. The number of anilines is 1. The average molecular weight is 267 g/mol. The van der Waals surface area contributed by atoms with Gasteiger partial charge in [-0.15, -0.1) is 0 Å². The van der Waals surface area contributed by atoms with Crippen molar-refractivity contribution in [1.29, 1.82) is 0 Å². The van der Waals surface area contributed by atoms with E-state index in [0.29, 0.717) is 6.04 Å². The van der Waals surface area contributed by atoms with Crippen molar-refractivity contribution >= 4 is 15.7 Å². The third-order valence-electron chi connectivity index (χ3n) is 3.94. The molecule has 6 heteroatoms. The summed E-state index contributed by atoms with van der Waals surface area (Å²) in [5.41, 5.74) is 1.08. The zero-order valence-electron chi connectivity index (χ0n) is 10.0. The van der Waals surface area contributed by atoms with Gasteiger partial charge in [-0.2, -0.15) is 0 Å². The van der Waals surface area contributed by atoms with Crippen molar-refractivity contribution in [2.24, 2.45) is 11.1 Å². The van der Waals surface area contributed by atoms with E-state index in [9.17, 15) is 8.42 Å². The molecule has 0 bridgehead atoms. The minimum Gasteiger partial charge on any atom is -0.367 e. The maximum atomic E-state index is 11.2. The molecule has 5 nitrogen and oxygen atoms in total. The molecule has 18 heavy (non-hydrogen) atoms. The van der Waals surface area contributed by atoms with Crippen LogP contribution in [0.4, 0.5) is 5.69 Å². The Morgan fingerprint density at radius 3 is 2.61 bits per heavy atom. The number of nitrogens with zero attached hydrogens (tertiary/aromatic N) is 1. The Balaban J connectivity index is 1.85. The first-order valence-electron chi connectivity index (χ1n) is 6.16. The molecule has 0 aromatic heterocycles. The van der Waals surface area contributed by atoms with Gasteiger partial charge in [-0.3, -0.25) is 0 Å². The highest BCUT2D eigenvalue weighted by Gasteiger charge is 2.37. The van der Waals surface area contributed by atoms with Crippen LogP contribution in [0.5, 0.6) is 0 Å². The number of hydrogen-bond donors (Lipinski definition) is 2. The van der Waals surface area contributed by atoms with Crippen molar-refractivity contribution in [3.05, 3.63) is 24.3 Å². The van der Waals surface area contributed by atoms with Gasteiger partial charge in [0.25, 0.3) is 0 Å². The lowest BCUT2D eigenvalue weighted by Gasteiger charge is -2.25. The SMILES string of the molecule is NS(=O)(=O)c1ccc(N2CC[C@@H]3CNC[C@@H]32)cc1. The summed E-state index contributed by atoms with van der Waals surface area (Å²) in [6.07, 6.45) is 1.20. The van der Waals surface area contributed by atoms with Crippen LogP contribution in [0.15, 0.2) is 29.2 Å². The fourth-order valence-corrected chi connectivity index (χ4v) is 3.51. The second-order valence-electron chi connectivity index (χ2n) is 5.01. The third kappa shape index (κ3) is 2.00. The van der Waals surface area contributed by atoms with Crippen molar-refractivity contribution in [2.45, 2.75) is 17.4 Å². The molecule has 2 saturated heterocycles. The van der Waals surface area contributed by atoms with Crippen LogP contribution in [-0.2, 0) is 10.0 Å². The molecule has 0 amide bonds. The smallest absolute Gasteiger partial charge is 0.238 e. The van der Waals surface area contributed by atoms with E-state index >= 15 is 0 Å². The van der Waals surface area contributed by atoms with E-state index in [4.69, 9.17) is 5.14 Å². The number of sulfonamides is 1. The molecule has 0 unspecified atom stereocenters. The number of rotatable bonds is 2. The molecular formula is C12H17N3O2S. The number of nitrogens with two attached hydrogens (primary N) is 1. The first-order valence-corrected chi connectivity index (χ1v) is 7.70. The Kier molecular flexibility index (Phi) is 2.80. The Bertz CT molecular complexity index is 541. The van der Waals surface area contributed by atoms with Gasteiger partial charge in [-0.1, -0.05) is 0 Å². The molecule has 2 aliphatic rings. The highest BCUT2D eigenvalue weighted by Crippen LogP contribution is 2.32. The normalized spacial score (nSPS) is 27.5. The van der Waals surface area contributed by atoms with Gasteiger partial charge in [-0.25, -0.2) is 13.6 Å². The van der Waals surface area contributed by atoms with Crippen LogP contribution in [0.1, 0.15) is 6.42 Å². The molecule has 0 spiro atoms. The van der Waals surface area contributed by atoms with E-state index in [2.05, 4.69) is 10.2 Å². The fraction of sp³-hybridized carbons (Fsp3) is 0.500. The van der Waals surface area contributed by atoms with Crippen molar-refractivity contribution in [3.8, 4) is 0 Å². The predicted molar refractivity (Wildman–Crippen MR) is 69.9 cm³/mol. The Morgan fingerprint density at radius 2 is 1.94 bits per heavy atom. The Hall–Kier alpha value is -1.11. The summed E-state index contributed by atoms with van der Waals surface area (Å²) in [7, 11) is -3.59. The first-order chi connectivity index (χ1) is 8.55. The van der Waals surface area contributed by atoms with Gasteiger partial charge in [0.05, 0.1) is 4.90 Å². The second kappa shape index (κ2) is 4.22. The summed E-state index contributed by atoms with van der Waals surface area (Å²) in [6.45, 7) is 3.16. The zero-order chi connectivity index (χ0) is 12.8. The Morgan fingerprint density at radius 1 is 1.22 bits per heavy atom. The van der Waals surface area contributed by atoms with E-state index in [1.165, 1.54) is 6.42 Å². The van der Waals surface area contributed by atoms with Gasteiger partial charge < -0.3 is 10.2 Å². The summed E-state index contributed by atoms with van der Waals surface area (Å²) in [5.74, 6) is 0.725. The zero-order valence-corrected chi connectivity index (χ0v) is 10.9. The molecule has 3 N–H and O–H groups in total. The molecule has 1 aromatic carbocycles. The van der Waals surface area contributed by atoms with Crippen LogP contribution in [0.3, 0.4) is 0 Å². The maximum absolute atomic E-state index is 11.2. The van der Waals surface area contributed by atoms with Gasteiger partial charge in [0.1, 0.15) is 0 Å². The summed E-state index contributed by atoms with van der Waals surface area (Å²) < 4.78 is 22.4. The summed E-state index contributed by atoms with van der Waals surface area (Å²) >= 11 is 0. The molecule has 3 rings (SSSR count). The molecule has 2 fully saturated rings. The summed E-state index contributed by atoms with van der Waals surface area (Å²) in [6, 6.07) is 7.41. The molecule has 2 atom stereocenters. The highest BCUT2D eigenvalue weighted by molar-refractivity contribution is 7.89. The quantitative estimate of drug-likeness (QED) is 0.799. The molecule has 1 aromatic rings. The number of nitrogens with one attached hydrogen (secondary N) is 1. The number of hydrogen-bond acceptors (Lipinski definition) is 4. The van der Waals surface area contributed by atoms with Gasteiger partial charge in [0.2, 0.25) is 10.0 Å². The van der Waals surface area contributed by atoms with E-state index in [0.717, 1.165) is 31.2 Å². The van der Waals surface area contributed by atoms with Crippen LogP contribution in [0.25, 0.3) is 0 Å². The topological polar surface area (TPSA) is 75.4 Å². The summed E-state index contributed by atoms with van der Waals surface area (Å²) in [5, 5.41) is 8.50. The molecule has 0 saturated carbocycles. The van der Waals surface area contributed by atoms with Gasteiger partial charge in [0, 0.05) is 31.4 Å². The number of benzene rings is 1. The van der Waals surface area contributed by atoms with Crippen molar-refractivity contribution in [1.82, 2.24) is 5.32 Å². The maximum Gasteiger partial charge on any atom is 0.238 e. The predicted octanol–water partition coefficient (Wildman–Crippen LogP) is 0.132. The minimum absolute atomic E-state index is 0.173. The van der Waals surface area contributed by atoms with E-state index in [1.807, 2.05) is 12.1 Å². The Labute approximate surface area is 107 Å². The third-order valence-corrected chi connectivity index (χ3v) is 4.87. The molecule has 98 valence electrons. The van der Waals surface area contributed by atoms with Gasteiger partial charge in [0.15, 0.2) is 0 Å². The van der Waals surface area contributed by atoms with Crippen LogP contribution in [0.2, 0.25) is 0 Å². The number of fused-ring (bicyclic) bond motifs is 1. The minimum atomic E-state index is -3.59. The molecule has 2 heterocycles. The van der Waals surface area contributed by atoms with Crippen LogP contribution >= 0.6 is 0 Å². The fourth-order valence-electron chi connectivity index (χ4n) is 3.00. The monoisotopic (exact) mass is 267 g/mol. The first kappa shape index (κ1) is 12.0. The molecule has 0 aliphatic carbocycles. The lowest BCUT2D eigenvalue weighted by Crippen LogP contribution is -2.34. The average Bonchev–Trinajstić information content (AvgIpc) is 2.89. The highest BCUT2D eigenvalue weighted by atomic mass is 32.2. The van der Waals surface area contributed by atoms with Crippen molar-refractivity contribution in [2.75, 3.05) is 24.5 Å². The van der Waals surface area contributed by atoms with E-state index in [1.54, 1.807) is 12.1 Å². The molecular weight excluding hydrogens is 250 g/mol. The summed E-state index contributed by atoms with van der Waals surface area (Å²) in [4.78, 5) is 2.53. The van der Waals surface area contributed by atoms with E-state index in [-0.39, 0.29) is 4.90 Å².